The molecule has 0 bridgehead atoms. The lowest BCUT2D eigenvalue weighted by Crippen LogP contribution is -2.39. The van der Waals surface area contributed by atoms with E-state index >= 15 is 0 Å². The van der Waals surface area contributed by atoms with Crippen LogP contribution in [0.3, 0.4) is 0 Å². The SMILES string of the molecule is CC(C)C1(C(=O)O)CCN(c2ccc3nnc(C(F)F)n3n2)C1. The van der Waals surface area contributed by atoms with Crippen LogP contribution in [0, 0.1) is 11.3 Å². The number of halogens is 2. The van der Waals surface area contributed by atoms with Crippen molar-refractivity contribution in [3.05, 3.63) is 18.0 Å². The lowest BCUT2D eigenvalue weighted by molar-refractivity contribution is -0.150. The minimum Gasteiger partial charge on any atom is -0.481 e. The van der Waals surface area contributed by atoms with E-state index in [0.717, 1.165) is 4.52 Å². The van der Waals surface area contributed by atoms with Crippen molar-refractivity contribution < 1.29 is 18.7 Å². The molecule has 1 atom stereocenters. The number of carbonyl (C=O) groups is 1. The highest BCUT2D eigenvalue weighted by molar-refractivity contribution is 5.77. The van der Waals surface area contributed by atoms with E-state index in [2.05, 4.69) is 15.3 Å². The Balaban J connectivity index is 1.95. The van der Waals surface area contributed by atoms with Gasteiger partial charge in [-0.2, -0.15) is 4.52 Å². The van der Waals surface area contributed by atoms with Crippen LogP contribution in [0.4, 0.5) is 14.6 Å². The molecule has 1 aliphatic heterocycles. The van der Waals surface area contributed by atoms with E-state index in [0.29, 0.717) is 25.3 Å². The molecule has 0 spiro atoms. The summed E-state index contributed by atoms with van der Waals surface area (Å²) in [6, 6.07) is 3.20. The van der Waals surface area contributed by atoms with Gasteiger partial charge >= 0.3 is 5.97 Å². The fourth-order valence-electron chi connectivity index (χ4n) is 3.02. The average molecular weight is 325 g/mol. The quantitative estimate of drug-likeness (QED) is 0.925. The first-order valence-electron chi connectivity index (χ1n) is 7.34. The minimum atomic E-state index is -2.78. The summed E-state index contributed by atoms with van der Waals surface area (Å²) in [6.07, 6.45) is -2.29. The van der Waals surface area contributed by atoms with Crippen molar-refractivity contribution in [1.82, 2.24) is 19.8 Å². The zero-order chi connectivity index (χ0) is 16.8. The van der Waals surface area contributed by atoms with Gasteiger partial charge in [-0.15, -0.1) is 15.3 Å². The third kappa shape index (κ3) is 2.40. The molecule has 7 nitrogen and oxygen atoms in total. The second kappa shape index (κ2) is 5.39. The molecular formula is C14H17F2N5O2. The van der Waals surface area contributed by atoms with Crippen LogP contribution in [-0.4, -0.2) is 44.0 Å². The maximum Gasteiger partial charge on any atom is 0.311 e. The number of hydrogen-bond donors (Lipinski definition) is 1. The number of fused-ring (bicyclic) bond motifs is 1. The number of aromatic nitrogens is 4. The molecule has 1 saturated heterocycles. The van der Waals surface area contributed by atoms with Crippen LogP contribution < -0.4 is 4.90 Å². The van der Waals surface area contributed by atoms with E-state index < -0.39 is 23.6 Å². The van der Waals surface area contributed by atoms with E-state index in [-0.39, 0.29) is 11.6 Å². The van der Waals surface area contributed by atoms with Crippen LogP contribution >= 0.6 is 0 Å². The van der Waals surface area contributed by atoms with Crippen molar-refractivity contribution >= 4 is 17.4 Å². The fourth-order valence-corrected chi connectivity index (χ4v) is 3.02. The highest BCUT2D eigenvalue weighted by Gasteiger charge is 2.47. The number of hydrogen-bond acceptors (Lipinski definition) is 5. The first-order valence-corrected chi connectivity index (χ1v) is 7.34. The summed E-state index contributed by atoms with van der Waals surface area (Å²) in [4.78, 5) is 13.5. The summed E-state index contributed by atoms with van der Waals surface area (Å²) in [5.74, 6) is -0.953. The molecule has 9 heteroatoms. The minimum absolute atomic E-state index is 0.0414. The number of carboxylic acids is 1. The molecule has 0 saturated carbocycles. The molecule has 124 valence electrons. The van der Waals surface area contributed by atoms with E-state index in [9.17, 15) is 18.7 Å². The topological polar surface area (TPSA) is 83.6 Å². The van der Waals surface area contributed by atoms with Crippen molar-refractivity contribution in [2.24, 2.45) is 11.3 Å². The van der Waals surface area contributed by atoms with Gasteiger partial charge in [-0.05, 0) is 24.5 Å². The summed E-state index contributed by atoms with van der Waals surface area (Å²) < 4.78 is 26.8. The van der Waals surface area contributed by atoms with Gasteiger partial charge in [0.05, 0.1) is 5.41 Å². The third-order valence-corrected chi connectivity index (χ3v) is 4.62. The Hall–Kier alpha value is -2.32. The van der Waals surface area contributed by atoms with Gasteiger partial charge in [-0.1, -0.05) is 13.8 Å². The van der Waals surface area contributed by atoms with Crippen LogP contribution in [0.1, 0.15) is 32.5 Å². The van der Waals surface area contributed by atoms with Crippen molar-refractivity contribution in [3.63, 3.8) is 0 Å². The molecule has 1 N–H and O–H groups in total. The predicted molar refractivity (Wildman–Crippen MR) is 77.5 cm³/mol. The molecule has 2 aromatic rings. The Morgan fingerprint density at radius 1 is 1.35 bits per heavy atom. The van der Waals surface area contributed by atoms with Crippen LogP contribution in [0.2, 0.25) is 0 Å². The van der Waals surface area contributed by atoms with Gasteiger partial charge in [0.15, 0.2) is 5.65 Å². The number of rotatable bonds is 4. The lowest BCUT2D eigenvalue weighted by Gasteiger charge is -2.28. The molecule has 0 aromatic carbocycles. The largest absolute Gasteiger partial charge is 0.481 e. The van der Waals surface area contributed by atoms with Gasteiger partial charge in [0.2, 0.25) is 5.82 Å². The van der Waals surface area contributed by atoms with Crippen LogP contribution in [-0.2, 0) is 4.79 Å². The van der Waals surface area contributed by atoms with Gasteiger partial charge in [-0.3, -0.25) is 4.79 Å². The first-order chi connectivity index (χ1) is 10.8. The lowest BCUT2D eigenvalue weighted by atomic mass is 9.76. The van der Waals surface area contributed by atoms with E-state index in [1.54, 1.807) is 12.1 Å². The zero-order valence-corrected chi connectivity index (χ0v) is 12.8. The Bertz CT molecular complexity index is 748. The zero-order valence-electron chi connectivity index (χ0n) is 12.8. The molecule has 0 amide bonds. The summed E-state index contributed by atoms with van der Waals surface area (Å²) >= 11 is 0. The van der Waals surface area contributed by atoms with Crippen molar-refractivity contribution in [1.29, 1.82) is 0 Å². The van der Waals surface area contributed by atoms with Gasteiger partial charge in [0.25, 0.3) is 6.43 Å². The van der Waals surface area contributed by atoms with Crippen molar-refractivity contribution in [2.75, 3.05) is 18.0 Å². The van der Waals surface area contributed by atoms with Gasteiger partial charge in [-0.25, -0.2) is 8.78 Å². The third-order valence-electron chi connectivity index (χ3n) is 4.62. The highest BCUT2D eigenvalue weighted by Crippen LogP contribution is 2.39. The molecule has 3 heterocycles. The number of anilines is 1. The standard InChI is InChI=1S/C14H17F2N5O2/c1-8(2)14(13(22)23)5-6-20(7-14)10-4-3-9-17-18-12(11(15)16)21(9)19-10/h3-4,8,11H,5-7H2,1-2H3,(H,22,23). The van der Waals surface area contributed by atoms with Crippen LogP contribution in [0.25, 0.3) is 5.65 Å². The molecule has 3 rings (SSSR count). The average Bonchev–Trinajstić information content (AvgIpc) is 3.11. The molecular weight excluding hydrogens is 308 g/mol. The molecule has 23 heavy (non-hydrogen) atoms. The normalized spacial score (nSPS) is 21.7. The van der Waals surface area contributed by atoms with Gasteiger partial charge < -0.3 is 10.0 Å². The predicted octanol–water partition coefficient (Wildman–Crippen LogP) is 2.00. The maximum absolute atomic E-state index is 12.9. The Morgan fingerprint density at radius 3 is 2.65 bits per heavy atom. The Kier molecular flexibility index (Phi) is 3.65. The molecule has 2 aromatic heterocycles. The Morgan fingerprint density at radius 2 is 2.09 bits per heavy atom. The van der Waals surface area contributed by atoms with Crippen molar-refractivity contribution in [2.45, 2.75) is 26.7 Å². The van der Waals surface area contributed by atoms with Crippen molar-refractivity contribution in [3.8, 4) is 0 Å². The fraction of sp³-hybridized carbons (Fsp3) is 0.571. The number of nitrogens with zero attached hydrogens (tertiary/aromatic N) is 5. The highest BCUT2D eigenvalue weighted by atomic mass is 19.3. The van der Waals surface area contributed by atoms with E-state index in [1.165, 1.54) is 0 Å². The molecule has 0 aliphatic carbocycles. The summed E-state index contributed by atoms with van der Waals surface area (Å²) in [5.41, 5.74) is -0.619. The molecule has 1 unspecified atom stereocenters. The number of aliphatic carboxylic acids is 1. The second-order valence-corrected chi connectivity index (χ2v) is 6.11. The second-order valence-electron chi connectivity index (χ2n) is 6.11. The summed E-state index contributed by atoms with van der Waals surface area (Å²) in [7, 11) is 0. The number of alkyl halides is 2. The number of carboxylic acid groups (broad SMARTS) is 1. The Labute approximate surface area is 130 Å². The molecule has 0 radical (unpaired) electrons. The summed E-state index contributed by atoms with van der Waals surface area (Å²) in [6.45, 7) is 4.56. The first kappa shape index (κ1) is 15.6. The molecule has 1 aliphatic rings. The van der Waals surface area contributed by atoms with E-state index in [1.807, 2.05) is 18.7 Å². The van der Waals surface area contributed by atoms with Gasteiger partial charge in [0.1, 0.15) is 5.82 Å². The smallest absolute Gasteiger partial charge is 0.311 e. The molecule has 1 fully saturated rings. The van der Waals surface area contributed by atoms with Crippen LogP contribution in [0.5, 0.6) is 0 Å². The van der Waals surface area contributed by atoms with E-state index in [4.69, 9.17) is 0 Å². The maximum atomic E-state index is 12.9. The monoisotopic (exact) mass is 325 g/mol. The summed E-state index contributed by atoms with van der Waals surface area (Å²) in [5, 5.41) is 20.8. The van der Waals surface area contributed by atoms with Gasteiger partial charge in [0, 0.05) is 13.1 Å². The van der Waals surface area contributed by atoms with Crippen LogP contribution in [0.15, 0.2) is 12.1 Å².